The Bertz CT molecular complexity index is 548. The number of halogens is 1. The third kappa shape index (κ3) is 3.64. The lowest BCUT2D eigenvalue weighted by Gasteiger charge is -2.03. The summed E-state index contributed by atoms with van der Waals surface area (Å²) in [7, 11) is 0. The normalized spacial score (nSPS) is 14.8. The van der Waals surface area contributed by atoms with E-state index in [1.165, 1.54) is 18.4 Å². The first kappa shape index (κ1) is 12.8. The van der Waals surface area contributed by atoms with Crippen molar-refractivity contribution in [1.82, 2.24) is 20.3 Å². The van der Waals surface area contributed by atoms with Gasteiger partial charge in [0.25, 0.3) is 0 Å². The van der Waals surface area contributed by atoms with E-state index >= 15 is 0 Å². The van der Waals surface area contributed by atoms with Gasteiger partial charge in [0.1, 0.15) is 0 Å². The molecule has 1 aliphatic carbocycles. The molecule has 0 spiro atoms. The topological polar surface area (TPSA) is 42.7 Å². The highest BCUT2D eigenvalue weighted by atomic mass is 79.9. The first-order valence-electron chi connectivity index (χ1n) is 6.64. The number of nitrogens with zero attached hydrogens (tertiary/aromatic N) is 3. The lowest BCUT2D eigenvalue weighted by Crippen LogP contribution is -2.16. The molecule has 1 fully saturated rings. The van der Waals surface area contributed by atoms with Crippen molar-refractivity contribution in [2.75, 3.05) is 6.54 Å². The third-order valence-corrected chi connectivity index (χ3v) is 4.09. The molecular weight excluding hydrogens is 304 g/mol. The molecule has 5 heteroatoms. The molecule has 1 aliphatic rings. The maximum atomic E-state index is 4.19. The molecule has 3 rings (SSSR count). The van der Waals surface area contributed by atoms with Gasteiger partial charge in [-0.05, 0) is 36.9 Å². The fourth-order valence-corrected chi connectivity index (χ4v) is 2.43. The largest absolute Gasteiger partial charge is 0.311 e. The molecule has 19 heavy (non-hydrogen) atoms. The second-order valence-electron chi connectivity index (χ2n) is 5.07. The minimum atomic E-state index is 0.747. The monoisotopic (exact) mass is 320 g/mol. The molecule has 0 atom stereocenters. The number of nitrogens with one attached hydrogen (secondary N) is 1. The van der Waals surface area contributed by atoms with Crippen LogP contribution >= 0.6 is 15.9 Å². The first-order chi connectivity index (χ1) is 9.31. The molecule has 1 aromatic heterocycles. The van der Waals surface area contributed by atoms with E-state index in [2.05, 4.69) is 37.6 Å². The van der Waals surface area contributed by atoms with Gasteiger partial charge in [-0.15, -0.1) is 5.10 Å². The second-order valence-corrected chi connectivity index (χ2v) is 5.93. The van der Waals surface area contributed by atoms with E-state index in [0.717, 1.165) is 35.7 Å². The quantitative estimate of drug-likeness (QED) is 0.889. The van der Waals surface area contributed by atoms with Crippen LogP contribution in [0.4, 0.5) is 0 Å². The molecule has 0 radical (unpaired) electrons. The molecule has 0 saturated heterocycles. The summed E-state index contributed by atoms with van der Waals surface area (Å²) in [6.45, 7) is 2.67. The highest BCUT2D eigenvalue weighted by molar-refractivity contribution is 9.10. The smallest absolute Gasteiger partial charge is 0.0964 e. The number of hydrogen-bond acceptors (Lipinski definition) is 3. The Labute approximate surface area is 121 Å². The molecule has 1 heterocycles. The van der Waals surface area contributed by atoms with Gasteiger partial charge in [-0.3, -0.25) is 0 Å². The van der Waals surface area contributed by atoms with Crippen molar-refractivity contribution in [2.24, 2.45) is 5.92 Å². The average molecular weight is 321 g/mol. The Hall–Kier alpha value is -1.20. The molecule has 0 aliphatic heterocycles. The van der Waals surface area contributed by atoms with Crippen LogP contribution in [0.3, 0.4) is 0 Å². The van der Waals surface area contributed by atoms with Crippen LogP contribution < -0.4 is 5.32 Å². The van der Waals surface area contributed by atoms with Gasteiger partial charge in [-0.1, -0.05) is 39.3 Å². The summed E-state index contributed by atoms with van der Waals surface area (Å²) in [4.78, 5) is 0. The van der Waals surface area contributed by atoms with Gasteiger partial charge < -0.3 is 5.32 Å². The van der Waals surface area contributed by atoms with Gasteiger partial charge in [0, 0.05) is 11.0 Å². The minimum absolute atomic E-state index is 0.747. The van der Waals surface area contributed by atoms with E-state index in [1.54, 1.807) is 0 Å². The SMILES string of the molecule is Brc1ccccc1Cn1cc(CNCC2CC2)nn1. The van der Waals surface area contributed by atoms with E-state index in [-0.39, 0.29) is 0 Å². The summed E-state index contributed by atoms with van der Waals surface area (Å²) >= 11 is 3.55. The van der Waals surface area contributed by atoms with E-state index in [0.29, 0.717) is 0 Å². The summed E-state index contributed by atoms with van der Waals surface area (Å²) < 4.78 is 2.99. The number of hydrogen-bond donors (Lipinski definition) is 1. The fraction of sp³-hybridized carbons (Fsp3) is 0.429. The summed E-state index contributed by atoms with van der Waals surface area (Å²) in [5.41, 5.74) is 2.22. The highest BCUT2D eigenvalue weighted by Gasteiger charge is 2.20. The predicted octanol–water partition coefficient (Wildman–Crippen LogP) is 2.59. The van der Waals surface area contributed by atoms with Crippen LogP contribution in [0.15, 0.2) is 34.9 Å². The van der Waals surface area contributed by atoms with Crippen molar-refractivity contribution in [2.45, 2.75) is 25.9 Å². The number of aromatic nitrogens is 3. The van der Waals surface area contributed by atoms with E-state index in [4.69, 9.17) is 0 Å². The first-order valence-corrected chi connectivity index (χ1v) is 7.43. The molecule has 0 unspecified atom stereocenters. The zero-order chi connectivity index (χ0) is 13.1. The minimum Gasteiger partial charge on any atom is -0.311 e. The number of benzene rings is 1. The van der Waals surface area contributed by atoms with Crippen molar-refractivity contribution in [3.05, 3.63) is 46.2 Å². The van der Waals surface area contributed by atoms with Crippen LogP contribution in [0, 0.1) is 5.92 Å². The summed E-state index contributed by atoms with van der Waals surface area (Å²) in [5, 5.41) is 11.8. The molecule has 4 nitrogen and oxygen atoms in total. The van der Waals surface area contributed by atoms with Crippen LogP contribution in [-0.2, 0) is 13.1 Å². The zero-order valence-corrected chi connectivity index (χ0v) is 12.3. The van der Waals surface area contributed by atoms with E-state index in [1.807, 2.05) is 29.1 Å². The van der Waals surface area contributed by atoms with E-state index in [9.17, 15) is 0 Å². The van der Waals surface area contributed by atoms with Crippen molar-refractivity contribution in [3.8, 4) is 0 Å². The maximum absolute atomic E-state index is 4.19. The Morgan fingerprint density at radius 3 is 2.95 bits per heavy atom. The van der Waals surface area contributed by atoms with Crippen LogP contribution in [0.1, 0.15) is 24.1 Å². The Morgan fingerprint density at radius 2 is 2.16 bits per heavy atom. The Morgan fingerprint density at radius 1 is 1.32 bits per heavy atom. The van der Waals surface area contributed by atoms with Crippen LogP contribution in [-0.4, -0.2) is 21.5 Å². The van der Waals surface area contributed by atoms with Gasteiger partial charge in [-0.25, -0.2) is 4.68 Å². The predicted molar refractivity (Wildman–Crippen MR) is 77.7 cm³/mol. The summed E-state index contributed by atoms with van der Waals surface area (Å²) in [6, 6.07) is 8.19. The van der Waals surface area contributed by atoms with Gasteiger partial charge >= 0.3 is 0 Å². The molecule has 2 aromatic rings. The molecule has 1 saturated carbocycles. The van der Waals surface area contributed by atoms with Gasteiger partial charge in [0.15, 0.2) is 0 Å². The lowest BCUT2D eigenvalue weighted by molar-refractivity contribution is 0.626. The molecule has 0 amide bonds. The molecular formula is C14H17BrN4. The van der Waals surface area contributed by atoms with Crippen molar-refractivity contribution in [1.29, 1.82) is 0 Å². The summed E-state index contributed by atoms with van der Waals surface area (Å²) in [5.74, 6) is 0.898. The van der Waals surface area contributed by atoms with Gasteiger partial charge in [0.2, 0.25) is 0 Å². The van der Waals surface area contributed by atoms with Crippen LogP contribution in [0.5, 0.6) is 0 Å². The lowest BCUT2D eigenvalue weighted by atomic mass is 10.2. The summed E-state index contributed by atoms with van der Waals surface area (Å²) in [6.07, 6.45) is 4.77. The maximum Gasteiger partial charge on any atom is 0.0964 e. The Kier molecular flexibility index (Phi) is 3.94. The Balaban J connectivity index is 1.56. The zero-order valence-electron chi connectivity index (χ0n) is 10.7. The molecule has 0 bridgehead atoms. The van der Waals surface area contributed by atoms with Crippen molar-refractivity contribution < 1.29 is 0 Å². The fourth-order valence-electron chi connectivity index (χ4n) is 2.02. The van der Waals surface area contributed by atoms with Gasteiger partial charge in [-0.2, -0.15) is 0 Å². The molecule has 1 aromatic carbocycles. The van der Waals surface area contributed by atoms with Crippen molar-refractivity contribution in [3.63, 3.8) is 0 Å². The number of rotatable bonds is 6. The van der Waals surface area contributed by atoms with E-state index < -0.39 is 0 Å². The highest BCUT2D eigenvalue weighted by Crippen LogP contribution is 2.27. The second kappa shape index (κ2) is 5.84. The van der Waals surface area contributed by atoms with Crippen LogP contribution in [0.2, 0.25) is 0 Å². The molecule has 100 valence electrons. The average Bonchev–Trinajstić information content (AvgIpc) is 3.12. The third-order valence-electron chi connectivity index (χ3n) is 3.31. The van der Waals surface area contributed by atoms with Crippen molar-refractivity contribution >= 4 is 15.9 Å². The molecule has 1 N–H and O–H groups in total. The standard InChI is InChI=1S/C14H17BrN4/c15-14-4-2-1-3-12(14)9-19-10-13(17-18-19)8-16-7-11-5-6-11/h1-4,10-11,16H,5-9H2. The van der Waals surface area contributed by atoms with Crippen LogP contribution in [0.25, 0.3) is 0 Å². The van der Waals surface area contributed by atoms with Gasteiger partial charge in [0.05, 0.1) is 18.4 Å².